The van der Waals surface area contributed by atoms with E-state index < -0.39 is 10.0 Å². The van der Waals surface area contributed by atoms with Crippen LogP contribution in [-0.4, -0.2) is 32.2 Å². The Balaban J connectivity index is 2.38. The molecule has 3 N–H and O–H groups in total. The molecule has 0 bridgehead atoms. The fraction of sp³-hybridized carbons (Fsp3) is 0.250. The molecule has 2 rings (SSSR count). The van der Waals surface area contributed by atoms with E-state index in [-0.39, 0.29) is 10.8 Å². The zero-order valence-electron chi connectivity index (χ0n) is 11.8. The zero-order valence-corrected chi connectivity index (χ0v) is 12.6. The van der Waals surface area contributed by atoms with Crippen LogP contribution in [0, 0.1) is 0 Å². The van der Waals surface area contributed by atoms with Gasteiger partial charge < -0.3 is 19.8 Å². The maximum atomic E-state index is 12.3. The largest absolute Gasteiger partial charge is 0.493 e. The topological polar surface area (TPSA) is 108 Å². The third kappa shape index (κ3) is 2.87. The van der Waals surface area contributed by atoms with E-state index in [2.05, 4.69) is 9.71 Å². The molecule has 1 heterocycles. The van der Waals surface area contributed by atoms with Crippen LogP contribution >= 0.6 is 0 Å². The molecule has 0 aliphatic carbocycles. The lowest BCUT2D eigenvalue weighted by Gasteiger charge is -2.12. The predicted molar refractivity (Wildman–Crippen MR) is 78.0 cm³/mol. The van der Waals surface area contributed by atoms with Crippen molar-refractivity contribution in [3.8, 4) is 11.5 Å². The maximum Gasteiger partial charge on any atom is 0.281 e. The molecule has 2 aromatic rings. The number of hydrogen-bond acceptors (Lipinski definition) is 6. The number of aryl methyl sites for hydroxylation is 1. The van der Waals surface area contributed by atoms with Gasteiger partial charge in [0.05, 0.1) is 26.2 Å². The fourth-order valence-electron chi connectivity index (χ4n) is 1.87. The lowest BCUT2D eigenvalue weighted by atomic mass is 10.3. The molecular formula is C12H16N4O4S. The van der Waals surface area contributed by atoms with Crippen LogP contribution in [0.5, 0.6) is 11.5 Å². The predicted octanol–water partition coefficient (Wildman–Crippen LogP) is 0.820. The van der Waals surface area contributed by atoms with Gasteiger partial charge in [-0.05, 0) is 12.1 Å². The fourth-order valence-corrected chi connectivity index (χ4v) is 3.16. The van der Waals surface area contributed by atoms with Crippen LogP contribution in [0.1, 0.15) is 0 Å². The maximum absolute atomic E-state index is 12.3. The Bertz CT molecular complexity index is 735. The average molecular weight is 312 g/mol. The smallest absolute Gasteiger partial charge is 0.281 e. The van der Waals surface area contributed by atoms with Crippen LogP contribution < -0.4 is 19.9 Å². The van der Waals surface area contributed by atoms with Gasteiger partial charge in [-0.2, -0.15) is 8.42 Å². The molecule has 114 valence electrons. The first-order valence-electron chi connectivity index (χ1n) is 5.90. The van der Waals surface area contributed by atoms with Crippen LogP contribution in [0.4, 0.5) is 11.5 Å². The first-order valence-corrected chi connectivity index (χ1v) is 7.39. The van der Waals surface area contributed by atoms with Crippen LogP contribution in [0.15, 0.2) is 29.6 Å². The standard InChI is InChI=1S/C12H16N4O4S/c1-16-7-14-11(13)12(16)21(17,18)15-8-4-5-9(19-2)10(6-8)20-3/h4-7,15H,13H2,1-3H3. The van der Waals surface area contributed by atoms with Gasteiger partial charge >= 0.3 is 0 Å². The van der Waals surface area contributed by atoms with Crippen molar-refractivity contribution in [2.24, 2.45) is 7.05 Å². The highest BCUT2D eigenvalue weighted by molar-refractivity contribution is 7.92. The number of nitrogen functional groups attached to an aromatic ring is 1. The monoisotopic (exact) mass is 312 g/mol. The highest BCUT2D eigenvalue weighted by Gasteiger charge is 2.22. The molecule has 0 radical (unpaired) electrons. The summed E-state index contributed by atoms with van der Waals surface area (Å²) in [6, 6.07) is 4.68. The molecular weight excluding hydrogens is 296 g/mol. The average Bonchev–Trinajstić information content (AvgIpc) is 2.78. The highest BCUT2D eigenvalue weighted by atomic mass is 32.2. The van der Waals surface area contributed by atoms with Crippen molar-refractivity contribution in [2.75, 3.05) is 24.7 Å². The number of rotatable bonds is 5. The second-order valence-electron chi connectivity index (χ2n) is 4.22. The number of nitrogens with one attached hydrogen (secondary N) is 1. The van der Waals surface area contributed by atoms with Crippen LogP contribution in [-0.2, 0) is 17.1 Å². The number of nitrogens with zero attached hydrogens (tertiary/aromatic N) is 2. The summed E-state index contributed by atoms with van der Waals surface area (Å²) in [6.07, 6.45) is 1.33. The van der Waals surface area contributed by atoms with Crippen molar-refractivity contribution in [1.82, 2.24) is 9.55 Å². The summed E-state index contributed by atoms with van der Waals surface area (Å²) in [4.78, 5) is 3.76. The number of anilines is 2. The second kappa shape index (κ2) is 5.52. The molecule has 0 saturated carbocycles. The van der Waals surface area contributed by atoms with E-state index in [1.807, 2.05) is 0 Å². The van der Waals surface area contributed by atoms with Gasteiger partial charge in [-0.15, -0.1) is 0 Å². The molecule has 21 heavy (non-hydrogen) atoms. The van der Waals surface area contributed by atoms with E-state index in [9.17, 15) is 8.42 Å². The number of benzene rings is 1. The molecule has 0 aliphatic heterocycles. The summed E-state index contributed by atoms with van der Waals surface area (Å²) in [5, 5.41) is -0.0997. The van der Waals surface area contributed by atoms with Crippen molar-refractivity contribution in [2.45, 2.75) is 5.03 Å². The number of sulfonamides is 1. The molecule has 9 heteroatoms. The Morgan fingerprint density at radius 2 is 1.90 bits per heavy atom. The molecule has 0 spiro atoms. The SMILES string of the molecule is COc1ccc(NS(=O)(=O)c2c(N)ncn2C)cc1OC. The Hall–Kier alpha value is -2.42. The van der Waals surface area contributed by atoms with Gasteiger partial charge in [0.1, 0.15) is 0 Å². The van der Waals surface area contributed by atoms with Crippen LogP contribution in [0.25, 0.3) is 0 Å². The molecule has 0 saturated heterocycles. The Labute approximate surface area is 122 Å². The molecule has 0 amide bonds. The Kier molecular flexibility index (Phi) is 3.94. The molecule has 1 aromatic carbocycles. The number of nitrogens with two attached hydrogens (primary N) is 1. The minimum absolute atomic E-state index is 0.0644. The lowest BCUT2D eigenvalue weighted by molar-refractivity contribution is 0.355. The molecule has 0 fully saturated rings. The number of aromatic nitrogens is 2. The van der Waals surface area contributed by atoms with E-state index in [1.54, 1.807) is 19.2 Å². The van der Waals surface area contributed by atoms with Gasteiger partial charge in [0.15, 0.2) is 22.3 Å². The van der Waals surface area contributed by atoms with E-state index in [0.29, 0.717) is 17.2 Å². The third-order valence-electron chi connectivity index (χ3n) is 2.80. The van der Waals surface area contributed by atoms with Gasteiger partial charge in [0, 0.05) is 13.1 Å². The van der Waals surface area contributed by atoms with Gasteiger partial charge in [0.25, 0.3) is 10.0 Å². The molecule has 1 aromatic heterocycles. The number of hydrogen-bond donors (Lipinski definition) is 2. The van der Waals surface area contributed by atoms with Gasteiger partial charge in [-0.25, -0.2) is 4.98 Å². The van der Waals surface area contributed by atoms with Crippen LogP contribution in [0.2, 0.25) is 0 Å². The van der Waals surface area contributed by atoms with Crippen molar-refractivity contribution in [3.05, 3.63) is 24.5 Å². The second-order valence-corrected chi connectivity index (χ2v) is 5.82. The first kappa shape index (κ1) is 15.0. The van der Waals surface area contributed by atoms with Crippen molar-refractivity contribution < 1.29 is 17.9 Å². The molecule has 0 unspecified atom stereocenters. The number of imidazole rings is 1. The van der Waals surface area contributed by atoms with E-state index in [4.69, 9.17) is 15.2 Å². The summed E-state index contributed by atoms with van der Waals surface area (Å²) >= 11 is 0. The Morgan fingerprint density at radius 3 is 2.43 bits per heavy atom. The Morgan fingerprint density at radius 1 is 1.24 bits per heavy atom. The van der Waals surface area contributed by atoms with Crippen molar-refractivity contribution in [3.63, 3.8) is 0 Å². The molecule has 0 atom stereocenters. The van der Waals surface area contributed by atoms with Crippen LogP contribution in [0.3, 0.4) is 0 Å². The first-order chi connectivity index (χ1) is 9.89. The quantitative estimate of drug-likeness (QED) is 0.846. The summed E-state index contributed by atoms with van der Waals surface area (Å²) < 4.78 is 38.6. The minimum atomic E-state index is -3.85. The van der Waals surface area contributed by atoms with Gasteiger partial charge in [0.2, 0.25) is 0 Å². The van der Waals surface area contributed by atoms with Gasteiger partial charge in [-0.1, -0.05) is 0 Å². The summed E-state index contributed by atoms with van der Waals surface area (Å²) in [7, 11) is 0.667. The summed E-state index contributed by atoms with van der Waals surface area (Å²) in [5.41, 5.74) is 5.91. The van der Waals surface area contributed by atoms with E-state index in [0.717, 1.165) is 0 Å². The summed E-state index contributed by atoms with van der Waals surface area (Å²) in [5.74, 6) is 0.849. The summed E-state index contributed by atoms with van der Waals surface area (Å²) in [6.45, 7) is 0. The lowest BCUT2D eigenvalue weighted by Crippen LogP contribution is -2.17. The molecule has 8 nitrogen and oxygen atoms in total. The van der Waals surface area contributed by atoms with E-state index in [1.165, 1.54) is 31.2 Å². The zero-order chi connectivity index (χ0) is 15.6. The number of ether oxygens (including phenoxy) is 2. The number of methoxy groups -OCH3 is 2. The normalized spacial score (nSPS) is 11.2. The molecule has 0 aliphatic rings. The third-order valence-corrected chi connectivity index (χ3v) is 4.31. The van der Waals surface area contributed by atoms with Gasteiger partial charge in [-0.3, -0.25) is 4.72 Å². The van der Waals surface area contributed by atoms with Crippen molar-refractivity contribution in [1.29, 1.82) is 0 Å². The van der Waals surface area contributed by atoms with E-state index >= 15 is 0 Å². The highest BCUT2D eigenvalue weighted by Crippen LogP contribution is 2.31. The minimum Gasteiger partial charge on any atom is -0.493 e. The van der Waals surface area contributed by atoms with Crippen molar-refractivity contribution >= 4 is 21.5 Å².